The third-order valence-electron chi connectivity index (χ3n) is 3.05. The highest BCUT2D eigenvalue weighted by Gasteiger charge is 2.79. The maximum Gasteiger partial charge on any atom is 0.651 e. The molecule has 0 amide bonds. The fourth-order valence-electron chi connectivity index (χ4n) is 1.84. The molecular formula is C9H15BO5. The largest absolute Gasteiger partial charge is 0.651 e. The maximum atomic E-state index is 10.2. The lowest BCUT2D eigenvalue weighted by Crippen LogP contribution is -2.86. The summed E-state index contributed by atoms with van der Waals surface area (Å²) in [5, 5.41) is 20.4. The molecule has 2 unspecified atom stereocenters. The van der Waals surface area contributed by atoms with Crippen LogP contribution in [0.25, 0.3) is 0 Å². The van der Waals surface area contributed by atoms with E-state index in [0.717, 1.165) is 5.57 Å². The van der Waals surface area contributed by atoms with Crippen LogP contribution in [0.15, 0.2) is 12.2 Å². The lowest BCUT2D eigenvalue weighted by Gasteiger charge is -2.64. The molecule has 0 spiro atoms. The first-order chi connectivity index (χ1) is 6.70. The van der Waals surface area contributed by atoms with Crippen LogP contribution in [0.1, 0.15) is 27.2 Å². The van der Waals surface area contributed by atoms with Gasteiger partial charge in [-0.3, -0.25) is 0 Å². The molecule has 84 valence electrons. The third kappa shape index (κ3) is 1.30. The van der Waals surface area contributed by atoms with E-state index in [2.05, 4.69) is 6.58 Å². The molecule has 0 aromatic heterocycles. The molecule has 0 aromatic carbocycles. The number of hydrogen-bond acceptors (Lipinski definition) is 5. The Morgan fingerprint density at radius 3 is 2.07 bits per heavy atom. The van der Waals surface area contributed by atoms with E-state index in [1.165, 1.54) is 13.8 Å². The van der Waals surface area contributed by atoms with Crippen LogP contribution in [0.5, 0.6) is 0 Å². The van der Waals surface area contributed by atoms with Crippen molar-refractivity contribution in [2.75, 3.05) is 0 Å². The lowest BCUT2D eigenvalue weighted by molar-refractivity contribution is -0.524. The normalized spacial score (nSPS) is 29.5. The zero-order chi connectivity index (χ0) is 11.5. The Morgan fingerprint density at radius 1 is 1.33 bits per heavy atom. The molecule has 0 saturated carbocycles. The highest BCUT2D eigenvalue weighted by molar-refractivity contribution is 6.43. The van der Waals surface area contributed by atoms with Crippen molar-refractivity contribution in [2.45, 2.75) is 44.4 Å². The molecule has 5 nitrogen and oxygen atoms in total. The van der Waals surface area contributed by atoms with Gasteiger partial charge in [-0.2, -0.15) is 0 Å². The van der Waals surface area contributed by atoms with Crippen molar-refractivity contribution in [2.24, 2.45) is 0 Å². The summed E-state index contributed by atoms with van der Waals surface area (Å²) in [7, 11) is -0.683. The Kier molecular flexibility index (Phi) is 2.10. The van der Waals surface area contributed by atoms with Gasteiger partial charge in [0, 0.05) is 0 Å². The number of rotatable bonds is 4. The Morgan fingerprint density at radius 2 is 1.80 bits per heavy atom. The van der Waals surface area contributed by atoms with Crippen molar-refractivity contribution in [1.29, 1.82) is 0 Å². The molecule has 15 heavy (non-hydrogen) atoms. The summed E-state index contributed by atoms with van der Waals surface area (Å²) in [5.74, 6) is -1.50. The van der Waals surface area contributed by atoms with Crippen LogP contribution < -0.4 is 0 Å². The molecule has 3 aliphatic rings. The summed E-state index contributed by atoms with van der Waals surface area (Å²) >= 11 is 0. The summed E-state index contributed by atoms with van der Waals surface area (Å²) < 4.78 is 15.2. The summed E-state index contributed by atoms with van der Waals surface area (Å²) in [6.45, 7) is 8.39. The van der Waals surface area contributed by atoms with Gasteiger partial charge in [-0.1, -0.05) is 5.57 Å². The van der Waals surface area contributed by atoms with Crippen LogP contribution >= 0.6 is 0 Å². The zero-order valence-corrected chi connectivity index (χ0v) is 9.11. The molecule has 2 bridgehead atoms. The van der Waals surface area contributed by atoms with Crippen LogP contribution in [0.3, 0.4) is 0 Å². The SMILES string of the molecule is C=C(C)CC(C)(O)C(C)(O)C12OB(O1)O2. The van der Waals surface area contributed by atoms with Gasteiger partial charge in [0.1, 0.15) is 5.60 Å². The maximum absolute atomic E-state index is 10.2. The first kappa shape index (κ1) is 11.1. The fraction of sp³-hybridized carbons (Fsp3) is 0.778. The average Bonchev–Trinajstić information content (AvgIpc) is 1.72. The smallest absolute Gasteiger partial charge is 0.387 e. The van der Waals surface area contributed by atoms with Crippen molar-refractivity contribution >= 4 is 7.32 Å². The highest BCUT2D eigenvalue weighted by Crippen LogP contribution is 2.53. The number of hydrogen-bond donors (Lipinski definition) is 2. The molecule has 3 saturated heterocycles. The van der Waals surface area contributed by atoms with Crippen molar-refractivity contribution in [3.63, 3.8) is 0 Å². The van der Waals surface area contributed by atoms with Crippen LogP contribution in [0.4, 0.5) is 0 Å². The molecule has 2 atom stereocenters. The average molecular weight is 214 g/mol. The van der Waals surface area contributed by atoms with Crippen LogP contribution in [0.2, 0.25) is 0 Å². The first-order valence-corrected chi connectivity index (χ1v) is 4.83. The van der Waals surface area contributed by atoms with E-state index >= 15 is 0 Å². The Bertz CT molecular complexity index is 295. The van der Waals surface area contributed by atoms with Gasteiger partial charge >= 0.3 is 7.32 Å². The van der Waals surface area contributed by atoms with E-state index in [4.69, 9.17) is 14.0 Å². The molecule has 3 heterocycles. The summed E-state index contributed by atoms with van der Waals surface area (Å²) in [4.78, 5) is 0. The van der Waals surface area contributed by atoms with E-state index in [1.807, 2.05) is 0 Å². The van der Waals surface area contributed by atoms with E-state index in [9.17, 15) is 10.2 Å². The topological polar surface area (TPSA) is 68.2 Å². The second kappa shape index (κ2) is 2.84. The lowest BCUT2D eigenvalue weighted by atomic mass is 9.75. The molecule has 0 aliphatic carbocycles. The monoisotopic (exact) mass is 214 g/mol. The van der Waals surface area contributed by atoms with Crippen LogP contribution in [0, 0.1) is 0 Å². The molecule has 0 aromatic rings. The van der Waals surface area contributed by atoms with Gasteiger partial charge in [-0.05, 0) is 27.2 Å². The van der Waals surface area contributed by atoms with Crippen molar-refractivity contribution < 1.29 is 24.2 Å². The predicted octanol–water partition coefficient (Wildman–Crippen LogP) is 0.170. The van der Waals surface area contributed by atoms with Gasteiger partial charge in [0.05, 0.1) is 0 Å². The second-order valence-corrected chi connectivity index (χ2v) is 4.68. The van der Waals surface area contributed by atoms with E-state index < -0.39 is 24.5 Å². The van der Waals surface area contributed by atoms with Crippen LogP contribution in [-0.4, -0.2) is 34.7 Å². The molecule has 3 rings (SSSR count). The standard InChI is InChI=1S/C9H15BO5/c1-6(2)5-7(3,11)8(4,12)9-13-10(14-9)15-9/h11-12H,1,5H2,2-4H3. The van der Waals surface area contributed by atoms with Gasteiger partial charge in [-0.15, -0.1) is 6.58 Å². The first-order valence-electron chi connectivity index (χ1n) is 4.83. The van der Waals surface area contributed by atoms with E-state index in [-0.39, 0.29) is 6.42 Å². The van der Waals surface area contributed by atoms with Gasteiger partial charge < -0.3 is 24.2 Å². The summed E-state index contributed by atoms with van der Waals surface area (Å²) in [6, 6.07) is 0. The third-order valence-corrected chi connectivity index (χ3v) is 3.05. The highest BCUT2D eigenvalue weighted by atomic mass is 17.1. The minimum atomic E-state index is -1.65. The predicted molar refractivity (Wildman–Crippen MR) is 52.4 cm³/mol. The molecule has 2 N–H and O–H groups in total. The van der Waals surface area contributed by atoms with E-state index in [1.54, 1.807) is 6.92 Å². The second-order valence-electron chi connectivity index (χ2n) is 4.68. The van der Waals surface area contributed by atoms with Crippen molar-refractivity contribution in [3.8, 4) is 0 Å². The minimum absolute atomic E-state index is 0.239. The Hall–Kier alpha value is -0.395. The number of aliphatic hydroxyl groups is 2. The Balaban J connectivity index is 2.16. The molecule has 3 aliphatic heterocycles. The molecule has 6 heteroatoms. The zero-order valence-electron chi connectivity index (χ0n) is 9.11. The van der Waals surface area contributed by atoms with Gasteiger partial charge in [0.25, 0.3) is 5.97 Å². The summed E-state index contributed by atoms with van der Waals surface area (Å²) in [5.41, 5.74) is -2.32. The minimum Gasteiger partial charge on any atom is -0.387 e. The van der Waals surface area contributed by atoms with E-state index in [0.29, 0.717) is 0 Å². The fourth-order valence-corrected chi connectivity index (χ4v) is 1.84. The van der Waals surface area contributed by atoms with Gasteiger partial charge in [-0.25, -0.2) is 0 Å². The molecule has 0 radical (unpaired) electrons. The van der Waals surface area contributed by atoms with Crippen LogP contribution in [-0.2, 0) is 14.0 Å². The van der Waals surface area contributed by atoms with Crippen molar-refractivity contribution in [1.82, 2.24) is 0 Å². The van der Waals surface area contributed by atoms with Crippen molar-refractivity contribution in [3.05, 3.63) is 12.2 Å². The van der Waals surface area contributed by atoms with Gasteiger partial charge in [0.15, 0.2) is 5.60 Å². The molecule has 3 fully saturated rings. The molecular weight excluding hydrogens is 199 g/mol. The Labute approximate surface area is 88.8 Å². The quantitative estimate of drug-likeness (QED) is 0.515. The van der Waals surface area contributed by atoms with Gasteiger partial charge in [0.2, 0.25) is 0 Å². The summed E-state index contributed by atoms with van der Waals surface area (Å²) in [6.07, 6.45) is 0.239.